The fourth-order valence-electron chi connectivity index (χ4n) is 2.46. The van der Waals surface area contributed by atoms with Gasteiger partial charge in [-0.05, 0) is 60.7 Å². The molecular formula is C19H24FN. The van der Waals surface area contributed by atoms with E-state index in [1.54, 1.807) is 6.07 Å². The Bertz CT molecular complexity index is 644. The van der Waals surface area contributed by atoms with Crippen molar-refractivity contribution in [2.24, 2.45) is 0 Å². The Hall–Kier alpha value is -1.67. The van der Waals surface area contributed by atoms with Crippen LogP contribution < -0.4 is 5.32 Å². The summed E-state index contributed by atoms with van der Waals surface area (Å²) in [4.78, 5) is 0. The van der Waals surface area contributed by atoms with E-state index in [0.717, 1.165) is 23.2 Å². The first kappa shape index (κ1) is 15.7. The van der Waals surface area contributed by atoms with E-state index in [0.29, 0.717) is 11.6 Å². The zero-order chi connectivity index (χ0) is 15.6. The molecule has 112 valence electrons. The molecule has 0 saturated carbocycles. The molecule has 1 N–H and O–H groups in total. The van der Waals surface area contributed by atoms with Crippen molar-refractivity contribution in [3.8, 4) is 11.1 Å². The Morgan fingerprint density at radius 2 is 1.57 bits per heavy atom. The Morgan fingerprint density at radius 1 is 0.905 bits per heavy atom. The van der Waals surface area contributed by atoms with Gasteiger partial charge in [0.25, 0.3) is 0 Å². The second-order valence-electron chi connectivity index (χ2n) is 6.10. The van der Waals surface area contributed by atoms with Crippen molar-refractivity contribution in [1.82, 2.24) is 5.32 Å². The van der Waals surface area contributed by atoms with Gasteiger partial charge in [-0.25, -0.2) is 4.39 Å². The van der Waals surface area contributed by atoms with Crippen LogP contribution in [-0.2, 0) is 6.54 Å². The molecule has 0 bridgehead atoms. The van der Waals surface area contributed by atoms with Gasteiger partial charge in [0.2, 0.25) is 0 Å². The SMILES string of the molecule is Cc1cc(C)c(-c2cc(CNC(C)C)ccc2F)cc1C. The standard InChI is InChI=1S/C19H24FN/c1-12(2)21-11-16-6-7-19(20)18(10-16)17-9-14(4)13(3)8-15(17)5/h6-10,12,21H,11H2,1-5H3. The molecule has 0 spiro atoms. The first-order valence-corrected chi connectivity index (χ1v) is 7.48. The molecule has 0 aromatic heterocycles. The highest BCUT2D eigenvalue weighted by Gasteiger charge is 2.10. The molecule has 0 heterocycles. The molecule has 1 nitrogen and oxygen atoms in total. The van der Waals surface area contributed by atoms with Gasteiger partial charge in [-0.2, -0.15) is 0 Å². The lowest BCUT2D eigenvalue weighted by atomic mass is 9.94. The summed E-state index contributed by atoms with van der Waals surface area (Å²) in [6, 6.07) is 10.0. The minimum atomic E-state index is -0.158. The summed E-state index contributed by atoms with van der Waals surface area (Å²) >= 11 is 0. The lowest BCUT2D eigenvalue weighted by Crippen LogP contribution is -2.21. The quantitative estimate of drug-likeness (QED) is 0.841. The van der Waals surface area contributed by atoms with Crippen molar-refractivity contribution < 1.29 is 4.39 Å². The molecule has 0 radical (unpaired) electrons. The lowest BCUT2D eigenvalue weighted by Gasteiger charge is -2.13. The molecule has 0 saturated heterocycles. The van der Waals surface area contributed by atoms with Crippen LogP contribution in [0.4, 0.5) is 4.39 Å². The van der Waals surface area contributed by atoms with Gasteiger partial charge < -0.3 is 5.32 Å². The third-order valence-corrected chi connectivity index (χ3v) is 3.88. The summed E-state index contributed by atoms with van der Waals surface area (Å²) in [5.74, 6) is -0.158. The smallest absolute Gasteiger partial charge is 0.131 e. The normalized spacial score (nSPS) is 11.2. The molecule has 2 heteroatoms. The van der Waals surface area contributed by atoms with E-state index in [1.807, 2.05) is 19.1 Å². The molecule has 0 amide bonds. The molecule has 2 aromatic carbocycles. The third-order valence-electron chi connectivity index (χ3n) is 3.88. The minimum Gasteiger partial charge on any atom is -0.310 e. The van der Waals surface area contributed by atoms with Crippen LogP contribution in [0.2, 0.25) is 0 Å². The molecule has 0 unspecified atom stereocenters. The maximum Gasteiger partial charge on any atom is 0.131 e. The van der Waals surface area contributed by atoms with Crippen LogP contribution in [0.5, 0.6) is 0 Å². The highest BCUT2D eigenvalue weighted by molar-refractivity contribution is 5.70. The number of aryl methyl sites for hydroxylation is 3. The van der Waals surface area contributed by atoms with E-state index in [9.17, 15) is 4.39 Å². The highest BCUT2D eigenvalue weighted by Crippen LogP contribution is 2.29. The topological polar surface area (TPSA) is 12.0 Å². The fraction of sp³-hybridized carbons (Fsp3) is 0.368. The van der Waals surface area contributed by atoms with E-state index in [2.05, 4.69) is 45.1 Å². The zero-order valence-corrected chi connectivity index (χ0v) is 13.5. The number of benzene rings is 2. The average Bonchev–Trinajstić information content (AvgIpc) is 2.42. The molecule has 2 aromatic rings. The molecule has 0 aliphatic heterocycles. The van der Waals surface area contributed by atoms with E-state index < -0.39 is 0 Å². The fourth-order valence-corrected chi connectivity index (χ4v) is 2.46. The van der Waals surface area contributed by atoms with E-state index in [4.69, 9.17) is 0 Å². The summed E-state index contributed by atoms with van der Waals surface area (Å²) in [7, 11) is 0. The summed E-state index contributed by atoms with van der Waals surface area (Å²) in [6.45, 7) is 11.2. The second kappa shape index (κ2) is 6.40. The monoisotopic (exact) mass is 285 g/mol. The van der Waals surface area contributed by atoms with Gasteiger partial charge in [-0.1, -0.05) is 32.0 Å². The van der Waals surface area contributed by atoms with Crippen LogP contribution in [0.25, 0.3) is 11.1 Å². The second-order valence-corrected chi connectivity index (χ2v) is 6.10. The predicted octanol–water partition coefficient (Wildman–Crippen LogP) is 4.92. The molecule has 0 aliphatic carbocycles. The predicted molar refractivity (Wildman–Crippen MR) is 88.0 cm³/mol. The molecule has 0 aliphatic rings. The molecule has 21 heavy (non-hydrogen) atoms. The number of hydrogen-bond donors (Lipinski definition) is 1. The first-order valence-electron chi connectivity index (χ1n) is 7.48. The Balaban J connectivity index is 2.43. The van der Waals surface area contributed by atoms with Crippen LogP contribution in [0.1, 0.15) is 36.1 Å². The van der Waals surface area contributed by atoms with Crippen LogP contribution in [0, 0.1) is 26.6 Å². The van der Waals surface area contributed by atoms with Gasteiger partial charge in [-0.15, -0.1) is 0 Å². The molecule has 2 rings (SSSR count). The van der Waals surface area contributed by atoms with Crippen molar-refractivity contribution in [1.29, 1.82) is 0 Å². The number of halogens is 1. The Morgan fingerprint density at radius 3 is 2.24 bits per heavy atom. The van der Waals surface area contributed by atoms with Crippen LogP contribution in [-0.4, -0.2) is 6.04 Å². The van der Waals surface area contributed by atoms with Crippen LogP contribution >= 0.6 is 0 Å². The van der Waals surface area contributed by atoms with Crippen LogP contribution in [0.15, 0.2) is 30.3 Å². The van der Waals surface area contributed by atoms with Crippen molar-refractivity contribution in [2.45, 2.75) is 47.2 Å². The van der Waals surface area contributed by atoms with Gasteiger partial charge in [-0.3, -0.25) is 0 Å². The summed E-state index contributed by atoms with van der Waals surface area (Å²) < 4.78 is 14.2. The van der Waals surface area contributed by atoms with Gasteiger partial charge in [0.15, 0.2) is 0 Å². The third kappa shape index (κ3) is 3.70. The minimum absolute atomic E-state index is 0.158. The van der Waals surface area contributed by atoms with Gasteiger partial charge in [0.1, 0.15) is 5.82 Å². The van der Waals surface area contributed by atoms with Gasteiger partial charge in [0, 0.05) is 18.2 Å². The number of rotatable bonds is 4. The number of nitrogens with one attached hydrogen (secondary N) is 1. The maximum absolute atomic E-state index is 14.2. The first-order chi connectivity index (χ1) is 9.88. The maximum atomic E-state index is 14.2. The highest BCUT2D eigenvalue weighted by atomic mass is 19.1. The average molecular weight is 285 g/mol. The Labute approximate surface area is 127 Å². The molecular weight excluding hydrogens is 261 g/mol. The van der Waals surface area contributed by atoms with Gasteiger partial charge in [0.05, 0.1) is 0 Å². The van der Waals surface area contributed by atoms with Crippen molar-refractivity contribution in [3.63, 3.8) is 0 Å². The lowest BCUT2D eigenvalue weighted by molar-refractivity contribution is 0.586. The largest absolute Gasteiger partial charge is 0.310 e. The van der Waals surface area contributed by atoms with Crippen molar-refractivity contribution in [3.05, 3.63) is 58.4 Å². The Kier molecular flexibility index (Phi) is 4.79. The van der Waals surface area contributed by atoms with Gasteiger partial charge >= 0.3 is 0 Å². The van der Waals surface area contributed by atoms with Crippen molar-refractivity contribution in [2.75, 3.05) is 0 Å². The summed E-state index contributed by atoms with van der Waals surface area (Å²) in [6.07, 6.45) is 0. The van der Waals surface area contributed by atoms with Crippen LogP contribution in [0.3, 0.4) is 0 Å². The summed E-state index contributed by atoms with van der Waals surface area (Å²) in [5, 5.41) is 3.37. The van der Waals surface area contributed by atoms with E-state index >= 15 is 0 Å². The van der Waals surface area contributed by atoms with E-state index in [1.165, 1.54) is 11.1 Å². The number of hydrogen-bond acceptors (Lipinski definition) is 1. The van der Waals surface area contributed by atoms with Crippen molar-refractivity contribution >= 4 is 0 Å². The molecule has 0 atom stereocenters. The molecule has 0 fully saturated rings. The van der Waals surface area contributed by atoms with E-state index in [-0.39, 0.29) is 5.82 Å². The summed E-state index contributed by atoms with van der Waals surface area (Å²) in [5.41, 5.74) is 6.35. The zero-order valence-electron chi connectivity index (χ0n) is 13.5.